The molecule has 2 unspecified atom stereocenters. The van der Waals surface area contributed by atoms with E-state index in [-0.39, 0.29) is 30.1 Å². The van der Waals surface area contributed by atoms with Gasteiger partial charge in [-0.3, -0.25) is 4.79 Å². The zero-order valence-corrected chi connectivity index (χ0v) is 18.1. The molecular weight excluding hydrogens is 378 g/mol. The number of hydrogen-bond donors (Lipinski definition) is 3. The van der Waals surface area contributed by atoms with Crippen LogP contribution in [-0.2, 0) is 11.2 Å². The molecule has 0 saturated heterocycles. The third-order valence-corrected chi connectivity index (χ3v) is 5.56. The number of nitrogens with zero attached hydrogens (tertiary/aromatic N) is 1. The van der Waals surface area contributed by atoms with Crippen molar-refractivity contribution in [3.8, 4) is 0 Å². The topological polar surface area (TPSA) is 81.7 Å². The number of carboxylic acids is 1. The van der Waals surface area contributed by atoms with Crippen LogP contribution in [0.15, 0.2) is 48.5 Å². The first kappa shape index (κ1) is 21.7. The maximum atomic E-state index is 12.8. The van der Waals surface area contributed by atoms with Crippen molar-refractivity contribution < 1.29 is 14.7 Å². The number of fused-ring (bicyclic) bond motifs is 1. The highest BCUT2D eigenvalue weighted by Gasteiger charge is 2.41. The quantitative estimate of drug-likeness (QED) is 0.697. The van der Waals surface area contributed by atoms with Crippen molar-refractivity contribution in [2.45, 2.75) is 52.6 Å². The van der Waals surface area contributed by atoms with Gasteiger partial charge in [-0.25, -0.2) is 4.79 Å². The molecule has 2 amide bonds. The molecule has 1 aliphatic rings. The van der Waals surface area contributed by atoms with Gasteiger partial charge in [0, 0.05) is 11.4 Å². The highest BCUT2D eigenvalue weighted by atomic mass is 16.4. The normalized spacial score (nSPS) is 18.9. The predicted octanol–water partition coefficient (Wildman–Crippen LogP) is 4.44. The monoisotopic (exact) mass is 409 g/mol. The lowest BCUT2D eigenvalue weighted by Gasteiger charge is -2.44. The molecule has 2 atom stereocenters. The summed E-state index contributed by atoms with van der Waals surface area (Å²) in [4.78, 5) is 26.5. The lowest BCUT2D eigenvalue weighted by molar-refractivity contribution is -0.135. The minimum absolute atomic E-state index is 0.114. The van der Waals surface area contributed by atoms with Gasteiger partial charge in [-0.15, -0.1) is 0 Å². The van der Waals surface area contributed by atoms with Crippen LogP contribution in [0.2, 0.25) is 0 Å². The molecule has 0 bridgehead atoms. The number of para-hydroxylation sites is 1. The van der Waals surface area contributed by atoms with Crippen LogP contribution in [0.5, 0.6) is 0 Å². The molecule has 3 rings (SSSR count). The molecule has 2 aromatic carbocycles. The molecule has 0 fully saturated rings. The second kappa shape index (κ2) is 8.78. The van der Waals surface area contributed by atoms with E-state index in [1.54, 1.807) is 0 Å². The van der Waals surface area contributed by atoms with E-state index in [1.807, 2.05) is 60.4 Å². The molecule has 1 heterocycles. The SMILES string of the molecule is Cc1ccc(NC(=O)NC2CCc3ccccc3N(CC(=O)O)C2C(C)(C)C)cc1. The van der Waals surface area contributed by atoms with E-state index >= 15 is 0 Å². The van der Waals surface area contributed by atoms with E-state index in [1.165, 1.54) is 0 Å². The fourth-order valence-corrected chi connectivity index (χ4v) is 4.36. The standard InChI is InChI=1S/C24H31N3O3/c1-16-9-12-18(13-10-16)25-23(30)26-19-14-11-17-7-5-6-8-20(17)27(15-21(28)29)22(19)24(2,3)4/h5-10,12-13,19,22H,11,14-15H2,1-4H3,(H,28,29)(H2,25,26,30). The molecule has 3 N–H and O–H groups in total. The lowest BCUT2D eigenvalue weighted by atomic mass is 9.80. The zero-order chi connectivity index (χ0) is 21.9. The van der Waals surface area contributed by atoms with Gasteiger partial charge >= 0.3 is 12.0 Å². The number of urea groups is 1. The smallest absolute Gasteiger partial charge is 0.323 e. The molecule has 6 nitrogen and oxygen atoms in total. The first-order valence-corrected chi connectivity index (χ1v) is 10.4. The first-order valence-electron chi connectivity index (χ1n) is 10.4. The summed E-state index contributed by atoms with van der Waals surface area (Å²) in [6.45, 7) is 8.15. The average molecular weight is 410 g/mol. The minimum atomic E-state index is -0.885. The van der Waals surface area contributed by atoms with Gasteiger partial charge in [0.2, 0.25) is 0 Å². The zero-order valence-electron chi connectivity index (χ0n) is 18.1. The second-order valence-electron chi connectivity index (χ2n) is 9.07. The summed E-state index contributed by atoms with van der Waals surface area (Å²) in [7, 11) is 0. The Hall–Kier alpha value is -3.02. The summed E-state index contributed by atoms with van der Waals surface area (Å²) in [6, 6.07) is 14.9. The Kier molecular flexibility index (Phi) is 6.34. The Labute approximate surface area is 178 Å². The van der Waals surface area contributed by atoms with Crippen LogP contribution >= 0.6 is 0 Å². The summed E-state index contributed by atoms with van der Waals surface area (Å²) < 4.78 is 0. The summed E-state index contributed by atoms with van der Waals surface area (Å²) in [6.07, 6.45) is 1.50. The van der Waals surface area contributed by atoms with Crippen LogP contribution in [0.3, 0.4) is 0 Å². The Bertz CT molecular complexity index is 903. The van der Waals surface area contributed by atoms with Gasteiger partial charge in [-0.1, -0.05) is 56.7 Å². The third kappa shape index (κ3) is 5.12. The molecule has 2 aromatic rings. The largest absolute Gasteiger partial charge is 0.480 e. The van der Waals surface area contributed by atoms with Crippen molar-refractivity contribution in [1.29, 1.82) is 0 Å². The van der Waals surface area contributed by atoms with Gasteiger partial charge in [0.05, 0.1) is 12.1 Å². The van der Waals surface area contributed by atoms with E-state index in [2.05, 4.69) is 31.4 Å². The molecule has 0 saturated carbocycles. The van der Waals surface area contributed by atoms with Gasteiger partial charge in [-0.2, -0.15) is 0 Å². The van der Waals surface area contributed by atoms with Gasteiger partial charge in [-0.05, 0) is 48.9 Å². The summed E-state index contributed by atoms with van der Waals surface area (Å²) >= 11 is 0. The maximum absolute atomic E-state index is 12.8. The van der Waals surface area contributed by atoms with Crippen molar-refractivity contribution in [2.24, 2.45) is 5.41 Å². The van der Waals surface area contributed by atoms with Crippen LogP contribution in [0.4, 0.5) is 16.2 Å². The van der Waals surface area contributed by atoms with Crippen molar-refractivity contribution in [3.05, 3.63) is 59.7 Å². The Balaban J connectivity index is 1.89. The van der Waals surface area contributed by atoms with Gasteiger partial charge in [0.25, 0.3) is 0 Å². The molecule has 6 heteroatoms. The number of aliphatic carboxylic acids is 1. The highest BCUT2D eigenvalue weighted by Crippen LogP contribution is 2.37. The average Bonchev–Trinajstić information content (AvgIpc) is 2.80. The van der Waals surface area contributed by atoms with Gasteiger partial charge in [0.15, 0.2) is 0 Å². The van der Waals surface area contributed by atoms with Crippen molar-refractivity contribution >= 4 is 23.4 Å². The number of carboxylic acid groups (broad SMARTS) is 1. The number of carbonyl (C=O) groups excluding carboxylic acids is 1. The fraction of sp³-hybridized carbons (Fsp3) is 0.417. The number of amides is 2. The van der Waals surface area contributed by atoms with Crippen molar-refractivity contribution in [3.63, 3.8) is 0 Å². The second-order valence-corrected chi connectivity index (χ2v) is 9.07. The highest BCUT2D eigenvalue weighted by molar-refractivity contribution is 5.89. The van der Waals surface area contributed by atoms with Gasteiger partial charge < -0.3 is 20.6 Å². The Morgan fingerprint density at radius 1 is 1.10 bits per heavy atom. The summed E-state index contributed by atoms with van der Waals surface area (Å²) in [5.41, 5.74) is 3.64. The van der Waals surface area contributed by atoms with E-state index in [4.69, 9.17) is 0 Å². The number of hydrogen-bond acceptors (Lipinski definition) is 3. The van der Waals surface area contributed by atoms with Crippen LogP contribution in [-0.4, -0.2) is 35.7 Å². The number of aryl methyl sites for hydroxylation is 2. The summed E-state index contributed by atoms with van der Waals surface area (Å²) in [5, 5.41) is 15.6. The van der Waals surface area contributed by atoms with Crippen molar-refractivity contribution in [1.82, 2.24) is 5.32 Å². The summed E-state index contributed by atoms with van der Waals surface area (Å²) in [5.74, 6) is -0.885. The van der Waals surface area contributed by atoms with E-state index < -0.39 is 5.97 Å². The van der Waals surface area contributed by atoms with Crippen LogP contribution in [0, 0.1) is 12.3 Å². The molecule has 0 aromatic heterocycles. The molecule has 160 valence electrons. The predicted molar refractivity (Wildman–Crippen MR) is 120 cm³/mol. The van der Waals surface area contributed by atoms with Crippen LogP contribution in [0.1, 0.15) is 38.3 Å². The van der Waals surface area contributed by atoms with Crippen LogP contribution < -0.4 is 15.5 Å². The lowest BCUT2D eigenvalue weighted by Crippen LogP contribution is -2.58. The molecular formula is C24H31N3O3. The molecule has 0 spiro atoms. The van der Waals surface area contributed by atoms with Gasteiger partial charge in [0.1, 0.15) is 6.54 Å². The van der Waals surface area contributed by atoms with Crippen LogP contribution in [0.25, 0.3) is 0 Å². The van der Waals surface area contributed by atoms with E-state index in [0.717, 1.165) is 35.3 Å². The Morgan fingerprint density at radius 3 is 2.40 bits per heavy atom. The molecule has 1 aliphatic heterocycles. The minimum Gasteiger partial charge on any atom is -0.480 e. The number of nitrogens with one attached hydrogen (secondary N) is 2. The van der Waals surface area contributed by atoms with E-state index in [9.17, 15) is 14.7 Å². The maximum Gasteiger partial charge on any atom is 0.323 e. The van der Waals surface area contributed by atoms with Crippen molar-refractivity contribution in [2.75, 3.05) is 16.8 Å². The van der Waals surface area contributed by atoms with E-state index in [0.29, 0.717) is 0 Å². The number of anilines is 2. The number of benzene rings is 2. The third-order valence-electron chi connectivity index (χ3n) is 5.56. The number of rotatable bonds is 4. The molecule has 30 heavy (non-hydrogen) atoms. The number of carbonyl (C=O) groups is 2. The molecule has 0 radical (unpaired) electrons. The fourth-order valence-electron chi connectivity index (χ4n) is 4.36. The Morgan fingerprint density at radius 2 is 1.77 bits per heavy atom. The first-order chi connectivity index (χ1) is 14.1. The molecule has 0 aliphatic carbocycles.